The fourth-order valence-corrected chi connectivity index (χ4v) is 2.54. The monoisotopic (exact) mass is 236 g/mol. The second-order valence-electron chi connectivity index (χ2n) is 3.61. The molecule has 0 radical (unpaired) electrons. The zero-order valence-corrected chi connectivity index (χ0v) is 9.41. The van der Waals surface area contributed by atoms with Gasteiger partial charge in [0.2, 0.25) is 5.71 Å². The summed E-state index contributed by atoms with van der Waals surface area (Å²) >= 11 is 0. The summed E-state index contributed by atoms with van der Waals surface area (Å²) in [6.45, 7) is 0. The number of sulfone groups is 1. The Labute approximate surface area is 93.0 Å². The lowest BCUT2D eigenvalue weighted by Crippen LogP contribution is -2.44. The van der Waals surface area contributed by atoms with Crippen LogP contribution in [0.2, 0.25) is 0 Å². The predicted octanol–water partition coefficient (Wildman–Crippen LogP) is -0.500. The lowest BCUT2D eigenvalue weighted by molar-refractivity contribution is -0.110. The van der Waals surface area contributed by atoms with Gasteiger partial charge in [-0.2, -0.15) is 0 Å². The molecule has 0 amide bonds. The zero-order valence-electron chi connectivity index (χ0n) is 8.60. The molecule has 1 aliphatic carbocycles. The molecule has 0 atom stereocenters. The predicted molar refractivity (Wildman–Crippen MR) is 59.8 cm³/mol. The van der Waals surface area contributed by atoms with Gasteiger partial charge in [0.15, 0.2) is 9.84 Å². The molecule has 16 heavy (non-hydrogen) atoms. The van der Waals surface area contributed by atoms with E-state index >= 15 is 0 Å². The van der Waals surface area contributed by atoms with Crippen molar-refractivity contribution >= 4 is 27.4 Å². The van der Waals surface area contributed by atoms with Gasteiger partial charge in [-0.3, -0.25) is 10.2 Å². The Morgan fingerprint density at radius 3 is 2.50 bits per heavy atom. The molecule has 2 rings (SSSR count). The zero-order chi connectivity index (χ0) is 11.9. The van der Waals surface area contributed by atoms with Crippen LogP contribution in [0.1, 0.15) is 15.9 Å². The molecule has 0 saturated heterocycles. The van der Waals surface area contributed by atoms with Gasteiger partial charge >= 0.3 is 0 Å². The highest BCUT2D eigenvalue weighted by Gasteiger charge is 2.25. The topological polar surface area (TPSA) is 76.8 Å². The summed E-state index contributed by atoms with van der Waals surface area (Å²) in [5.74, 6) is -0.331. The van der Waals surface area contributed by atoms with Gasteiger partial charge in [-0.1, -0.05) is 12.1 Å². The maximum Gasteiger partial charge on any atom is 0.256 e. The quantitative estimate of drug-likeness (QED) is 0.714. The first-order chi connectivity index (χ1) is 7.41. The molecule has 0 spiro atoms. The molecule has 0 aliphatic heterocycles. The number of nitrogens with two attached hydrogens (primary N) is 1. The summed E-state index contributed by atoms with van der Waals surface area (Å²) in [5.41, 5.74) is 0.880. The Morgan fingerprint density at radius 2 is 1.88 bits per heavy atom. The molecule has 0 bridgehead atoms. The van der Waals surface area contributed by atoms with E-state index in [9.17, 15) is 13.2 Å². The van der Waals surface area contributed by atoms with Crippen LogP contribution in [0, 0.1) is 0 Å². The molecule has 1 aliphatic rings. The van der Waals surface area contributed by atoms with Crippen LogP contribution < -0.4 is 5.41 Å². The molecule has 2 N–H and O–H groups in total. The second-order valence-corrected chi connectivity index (χ2v) is 5.59. The fourth-order valence-electron chi connectivity index (χ4n) is 1.64. The number of fused-ring (bicyclic) bond motifs is 1. The summed E-state index contributed by atoms with van der Waals surface area (Å²) < 4.78 is 23.0. The molecule has 5 heteroatoms. The maximum absolute atomic E-state index is 11.7. The van der Waals surface area contributed by atoms with Crippen LogP contribution in [0.5, 0.6) is 0 Å². The van der Waals surface area contributed by atoms with Gasteiger partial charge in [-0.05, 0) is 12.1 Å². The largest absolute Gasteiger partial charge is 0.282 e. The first-order valence-corrected chi connectivity index (χ1v) is 6.48. The standard InChI is InChI=1S/C11H9NO3S/c1-16(14,15)10-4-2-3-8-7(10)5-6-9(12)11(8)13/h2-6,12H,1H3/p+1. The Balaban J connectivity index is 2.80. The normalized spacial score (nSPS) is 15.1. The molecule has 4 nitrogen and oxygen atoms in total. The minimum atomic E-state index is -3.34. The highest BCUT2D eigenvalue weighted by Crippen LogP contribution is 2.24. The van der Waals surface area contributed by atoms with E-state index in [2.05, 4.69) is 0 Å². The van der Waals surface area contributed by atoms with Gasteiger partial charge in [0.1, 0.15) is 0 Å². The minimum Gasteiger partial charge on any atom is -0.282 e. The van der Waals surface area contributed by atoms with Crippen LogP contribution in [-0.2, 0) is 9.84 Å². The fraction of sp³-hybridized carbons (Fsp3) is 0.0909. The summed E-state index contributed by atoms with van der Waals surface area (Å²) in [6.07, 6.45) is 4.10. The number of benzene rings is 1. The van der Waals surface area contributed by atoms with Gasteiger partial charge in [0.25, 0.3) is 5.78 Å². The van der Waals surface area contributed by atoms with E-state index in [0.29, 0.717) is 11.1 Å². The molecule has 1 aromatic carbocycles. The molecule has 0 fully saturated rings. The van der Waals surface area contributed by atoms with Crippen molar-refractivity contribution in [2.45, 2.75) is 4.90 Å². The lowest BCUT2D eigenvalue weighted by Gasteiger charge is -2.11. The smallest absolute Gasteiger partial charge is 0.256 e. The van der Waals surface area contributed by atoms with Crippen LogP contribution in [0.4, 0.5) is 0 Å². The molecule has 0 unspecified atom stereocenters. The molecule has 0 aromatic heterocycles. The van der Waals surface area contributed by atoms with Crippen LogP contribution in [0.25, 0.3) is 6.08 Å². The van der Waals surface area contributed by atoms with E-state index in [1.165, 1.54) is 12.1 Å². The van der Waals surface area contributed by atoms with E-state index in [1.54, 1.807) is 18.2 Å². The Kier molecular flexibility index (Phi) is 2.27. The SMILES string of the molecule is CS(=O)(=O)c1cccc2c1C=CC(=[NH2+])C2=O. The van der Waals surface area contributed by atoms with Gasteiger partial charge in [-0.15, -0.1) is 0 Å². The molecule has 0 heterocycles. The minimum absolute atomic E-state index is 0.123. The molecule has 1 aromatic rings. The first-order valence-electron chi connectivity index (χ1n) is 4.59. The van der Waals surface area contributed by atoms with E-state index in [1.807, 2.05) is 0 Å². The Hall–Kier alpha value is -1.75. The van der Waals surface area contributed by atoms with E-state index in [0.717, 1.165) is 6.26 Å². The highest BCUT2D eigenvalue weighted by molar-refractivity contribution is 7.90. The lowest BCUT2D eigenvalue weighted by atomic mass is 9.95. The van der Waals surface area contributed by atoms with Gasteiger partial charge < -0.3 is 0 Å². The number of rotatable bonds is 1. The average molecular weight is 236 g/mol. The number of allylic oxidation sites excluding steroid dienone is 1. The van der Waals surface area contributed by atoms with Crippen molar-refractivity contribution < 1.29 is 18.6 Å². The van der Waals surface area contributed by atoms with Crippen molar-refractivity contribution in [2.75, 3.05) is 6.26 Å². The number of Topliss-reactive ketones (excluding diaryl/α,β-unsaturated/α-hetero) is 1. The first kappa shape index (κ1) is 10.8. The molecule has 0 saturated carbocycles. The van der Waals surface area contributed by atoms with E-state index < -0.39 is 9.84 Å². The number of carbonyl (C=O) groups is 1. The van der Waals surface area contributed by atoms with E-state index in [4.69, 9.17) is 5.41 Å². The van der Waals surface area contributed by atoms with Crippen LogP contribution in [0.15, 0.2) is 29.2 Å². The number of ketones is 1. The maximum atomic E-state index is 11.7. The van der Waals surface area contributed by atoms with Crippen molar-refractivity contribution in [3.63, 3.8) is 0 Å². The van der Waals surface area contributed by atoms with Gasteiger partial charge in [-0.25, -0.2) is 8.42 Å². The van der Waals surface area contributed by atoms with Gasteiger partial charge in [0, 0.05) is 23.5 Å². The molecular formula is C11H10NO3S+. The molecule has 82 valence electrons. The van der Waals surface area contributed by atoms with Crippen LogP contribution in [-0.4, -0.2) is 26.2 Å². The second kappa shape index (κ2) is 3.38. The number of carbonyl (C=O) groups excluding carboxylic acids is 1. The summed E-state index contributed by atoms with van der Waals surface area (Å²) in [6, 6.07) is 4.59. The van der Waals surface area contributed by atoms with Crippen molar-refractivity contribution in [2.24, 2.45) is 0 Å². The van der Waals surface area contributed by atoms with Crippen LogP contribution >= 0.6 is 0 Å². The average Bonchev–Trinajstić information content (AvgIpc) is 2.21. The Bertz CT molecular complexity index is 627. The highest BCUT2D eigenvalue weighted by atomic mass is 32.2. The molecular weight excluding hydrogens is 226 g/mol. The van der Waals surface area contributed by atoms with Gasteiger partial charge in [0.05, 0.1) is 4.90 Å². The third-order valence-electron chi connectivity index (χ3n) is 2.40. The van der Waals surface area contributed by atoms with Crippen molar-refractivity contribution in [3.8, 4) is 0 Å². The van der Waals surface area contributed by atoms with E-state index in [-0.39, 0.29) is 16.4 Å². The number of hydrogen-bond acceptors (Lipinski definition) is 3. The summed E-state index contributed by atoms with van der Waals surface area (Å²) in [5, 5.41) is 5.48. The summed E-state index contributed by atoms with van der Waals surface area (Å²) in [7, 11) is -3.34. The van der Waals surface area contributed by atoms with Crippen molar-refractivity contribution in [1.82, 2.24) is 0 Å². The van der Waals surface area contributed by atoms with Crippen LogP contribution in [0.3, 0.4) is 0 Å². The third-order valence-corrected chi connectivity index (χ3v) is 3.56. The number of hydrogen-bond donors (Lipinski definition) is 1. The Morgan fingerprint density at radius 1 is 1.19 bits per heavy atom. The van der Waals surface area contributed by atoms with Crippen molar-refractivity contribution in [3.05, 3.63) is 35.4 Å². The third kappa shape index (κ3) is 1.59. The summed E-state index contributed by atoms with van der Waals surface area (Å²) in [4.78, 5) is 11.8. The van der Waals surface area contributed by atoms with Crippen molar-refractivity contribution in [1.29, 1.82) is 0 Å².